The third-order valence-corrected chi connectivity index (χ3v) is 5.70. The highest BCUT2D eigenvalue weighted by Gasteiger charge is 2.15. The van der Waals surface area contributed by atoms with Gasteiger partial charge < -0.3 is 9.73 Å². The van der Waals surface area contributed by atoms with E-state index < -0.39 is 4.92 Å². The first-order valence-electron chi connectivity index (χ1n) is 10.6. The number of anilines is 3. The highest BCUT2D eigenvalue weighted by molar-refractivity contribution is 6.33. The lowest BCUT2D eigenvalue weighted by molar-refractivity contribution is -0.384. The van der Waals surface area contributed by atoms with Crippen LogP contribution in [-0.2, 0) is 0 Å². The molecule has 13 heteroatoms. The van der Waals surface area contributed by atoms with Crippen LogP contribution in [-0.4, -0.2) is 31.4 Å². The van der Waals surface area contributed by atoms with Gasteiger partial charge in [0.2, 0.25) is 11.3 Å². The van der Waals surface area contributed by atoms with Crippen LogP contribution in [0, 0.1) is 24.0 Å². The van der Waals surface area contributed by atoms with Crippen molar-refractivity contribution in [2.24, 2.45) is 5.10 Å². The molecule has 180 valence electrons. The Morgan fingerprint density at radius 1 is 1.06 bits per heavy atom. The molecule has 0 fully saturated rings. The summed E-state index contributed by atoms with van der Waals surface area (Å²) in [7, 11) is 0. The minimum atomic E-state index is -0.514. The van der Waals surface area contributed by atoms with Gasteiger partial charge >= 0.3 is 0 Å². The molecular formula is C23H17ClN8O4. The molecule has 0 spiro atoms. The number of halogens is 1. The molecule has 0 radical (unpaired) electrons. The lowest BCUT2D eigenvalue weighted by atomic mass is 10.1. The number of nitro benzene ring substituents is 1. The molecule has 0 unspecified atom stereocenters. The maximum absolute atomic E-state index is 10.9. The average molecular weight is 505 g/mol. The smallest absolute Gasteiger partial charge is 0.270 e. The van der Waals surface area contributed by atoms with Crippen LogP contribution in [0.1, 0.15) is 16.9 Å². The van der Waals surface area contributed by atoms with Gasteiger partial charge in [-0.2, -0.15) is 10.1 Å². The second-order valence-electron chi connectivity index (χ2n) is 7.70. The summed E-state index contributed by atoms with van der Waals surface area (Å²) >= 11 is 6.19. The van der Waals surface area contributed by atoms with Crippen molar-refractivity contribution in [1.29, 1.82) is 0 Å². The fraction of sp³-hybridized carbons (Fsp3) is 0.0870. The van der Waals surface area contributed by atoms with Crippen LogP contribution in [0.15, 0.2) is 62.7 Å². The monoisotopic (exact) mass is 504 g/mol. The second-order valence-corrected chi connectivity index (χ2v) is 8.11. The number of hydrazone groups is 1. The summed E-state index contributed by atoms with van der Waals surface area (Å²) in [6.07, 6.45) is 1.44. The van der Waals surface area contributed by atoms with Gasteiger partial charge in [-0.05, 0) is 59.6 Å². The van der Waals surface area contributed by atoms with Gasteiger partial charge in [-0.25, -0.2) is 9.61 Å². The molecule has 3 heterocycles. The van der Waals surface area contributed by atoms with Crippen molar-refractivity contribution in [2.75, 3.05) is 10.7 Å². The lowest BCUT2D eigenvalue weighted by Gasteiger charge is -2.12. The number of nitrogens with one attached hydrogen (secondary N) is 2. The van der Waals surface area contributed by atoms with E-state index in [0.29, 0.717) is 28.7 Å². The number of fused-ring (bicyclic) bond motifs is 1. The molecule has 0 amide bonds. The standard InChI is InChI=1S/C23H17ClN8O4/c1-12-4-3-5-18(13(12)2)26-20-21(28-23-22(27-20)30-36-31-23)29-25-11-15-7-9-19(35-15)16-8-6-14(32(33)34)10-17(16)24/h3-11H,1-2H3,(H,26,27,30)(H,28,29,31)/b25-11-. The van der Waals surface area contributed by atoms with Crippen molar-refractivity contribution >= 4 is 52.1 Å². The molecule has 0 saturated carbocycles. The number of benzene rings is 2. The van der Waals surface area contributed by atoms with Crippen LogP contribution >= 0.6 is 11.6 Å². The van der Waals surface area contributed by atoms with Crippen molar-refractivity contribution in [1.82, 2.24) is 20.3 Å². The van der Waals surface area contributed by atoms with E-state index >= 15 is 0 Å². The Morgan fingerprint density at radius 2 is 1.83 bits per heavy atom. The van der Waals surface area contributed by atoms with Gasteiger partial charge in [-0.1, -0.05) is 23.7 Å². The molecule has 36 heavy (non-hydrogen) atoms. The van der Waals surface area contributed by atoms with Gasteiger partial charge in [-0.3, -0.25) is 15.5 Å². The predicted octanol–water partition coefficient (Wildman–Crippen LogP) is 5.64. The van der Waals surface area contributed by atoms with Crippen molar-refractivity contribution in [2.45, 2.75) is 13.8 Å². The lowest BCUT2D eigenvalue weighted by Crippen LogP contribution is -2.04. The van der Waals surface area contributed by atoms with E-state index in [9.17, 15) is 10.1 Å². The van der Waals surface area contributed by atoms with Gasteiger partial charge in [-0.15, -0.1) is 0 Å². The van der Waals surface area contributed by atoms with Crippen molar-refractivity contribution in [3.05, 3.63) is 80.6 Å². The largest absolute Gasteiger partial charge is 0.455 e. The number of non-ortho nitro benzene ring substituents is 1. The fourth-order valence-corrected chi connectivity index (χ4v) is 3.63. The predicted molar refractivity (Wildman–Crippen MR) is 134 cm³/mol. The highest BCUT2D eigenvalue weighted by atomic mass is 35.5. The number of furan rings is 1. The Balaban J connectivity index is 1.38. The Labute approximate surface area is 208 Å². The minimum Gasteiger partial charge on any atom is -0.455 e. The number of aryl methyl sites for hydroxylation is 1. The fourth-order valence-electron chi connectivity index (χ4n) is 3.36. The molecule has 0 aliphatic rings. The van der Waals surface area contributed by atoms with E-state index in [-0.39, 0.29) is 22.0 Å². The Hall–Kier alpha value is -4.84. The number of nitrogens with zero attached hydrogens (tertiary/aromatic N) is 6. The molecule has 0 saturated heterocycles. The molecule has 5 aromatic rings. The first kappa shape index (κ1) is 22.9. The van der Waals surface area contributed by atoms with E-state index in [0.717, 1.165) is 16.8 Å². The first-order valence-corrected chi connectivity index (χ1v) is 10.9. The zero-order valence-corrected chi connectivity index (χ0v) is 19.6. The maximum Gasteiger partial charge on any atom is 0.270 e. The third-order valence-electron chi connectivity index (χ3n) is 5.39. The Bertz CT molecular complexity index is 1630. The van der Waals surface area contributed by atoms with Gasteiger partial charge in [0, 0.05) is 23.4 Å². The molecule has 2 aromatic carbocycles. The normalized spacial score (nSPS) is 11.3. The number of rotatable bonds is 7. The third kappa shape index (κ3) is 4.57. The van der Waals surface area contributed by atoms with Gasteiger partial charge in [0.05, 0.1) is 16.2 Å². The quantitative estimate of drug-likeness (QED) is 0.161. The topological polar surface area (TPSA) is 157 Å². The van der Waals surface area contributed by atoms with Crippen LogP contribution in [0.5, 0.6) is 0 Å². The number of hydrogen-bond donors (Lipinski definition) is 2. The van der Waals surface area contributed by atoms with Gasteiger partial charge in [0.25, 0.3) is 5.69 Å². The summed E-state index contributed by atoms with van der Waals surface area (Å²) in [6.45, 7) is 4.01. The van der Waals surface area contributed by atoms with E-state index in [1.807, 2.05) is 32.0 Å². The SMILES string of the molecule is Cc1cccc(Nc2nc3nonc3nc2N/N=C\c2ccc(-c3ccc([N+](=O)[O-])cc3Cl)o2)c1C. The summed E-state index contributed by atoms with van der Waals surface area (Å²) in [4.78, 5) is 19.2. The first-order chi connectivity index (χ1) is 17.4. The average Bonchev–Trinajstić information content (AvgIpc) is 3.51. The van der Waals surface area contributed by atoms with Crippen LogP contribution in [0.3, 0.4) is 0 Å². The van der Waals surface area contributed by atoms with Crippen LogP contribution in [0.4, 0.5) is 23.0 Å². The summed E-state index contributed by atoms with van der Waals surface area (Å²) in [5, 5.41) is 26.1. The number of hydrogen-bond acceptors (Lipinski definition) is 11. The van der Waals surface area contributed by atoms with E-state index in [1.165, 1.54) is 24.4 Å². The zero-order chi connectivity index (χ0) is 25.2. The Kier molecular flexibility index (Phi) is 6.00. The number of nitro groups is 1. The van der Waals surface area contributed by atoms with Crippen molar-refractivity contribution < 1.29 is 14.0 Å². The van der Waals surface area contributed by atoms with Crippen molar-refractivity contribution in [3.8, 4) is 11.3 Å². The second kappa shape index (κ2) is 9.43. The van der Waals surface area contributed by atoms with E-state index in [1.54, 1.807) is 12.1 Å². The molecule has 12 nitrogen and oxygen atoms in total. The maximum atomic E-state index is 10.9. The number of aromatic nitrogens is 4. The van der Waals surface area contributed by atoms with Crippen LogP contribution in [0.25, 0.3) is 22.6 Å². The molecule has 3 aromatic heterocycles. The molecule has 5 rings (SSSR count). The summed E-state index contributed by atoms with van der Waals surface area (Å²) in [5.74, 6) is 1.51. The molecule has 0 aliphatic heterocycles. The summed E-state index contributed by atoms with van der Waals surface area (Å²) < 4.78 is 10.5. The van der Waals surface area contributed by atoms with Crippen LogP contribution in [0.2, 0.25) is 5.02 Å². The van der Waals surface area contributed by atoms with Crippen molar-refractivity contribution in [3.63, 3.8) is 0 Å². The van der Waals surface area contributed by atoms with Gasteiger partial charge in [0.1, 0.15) is 11.5 Å². The Morgan fingerprint density at radius 3 is 2.58 bits per heavy atom. The van der Waals surface area contributed by atoms with Gasteiger partial charge in [0.15, 0.2) is 11.6 Å². The highest BCUT2D eigenvalue weighted by Crippen LogP contribution is 2.32. The molecule has 2 N–H and O–H groups in total. The zero-order valence-electron chi connectivity index (χ0n) is 18.9. The van der Waals surface area contributed by atoms with E-state index in [2.05, 4.69) is 36.1 Å². The molecular weight excluding hydrogens is 488 g/mol. The van der Waals surface area contributed by atoms with E-state index in [4.69, 9.17) is 20.6 Å². The van der Waals surface area contributed by atoms with Crippen LogP contribution < -0.4 is 10.7 Å². The molecule has 0 aliphatic carbocycles. The molecule has 0 atom stereocenters. The minimum absolute atomic E-state index is 0.105. The summed E-state index contributed by atoms with van der Waals surface area (Å²) in [5.41, 5.74) is 6.74. The summed E-state index contributed by atoms with van der Waals surface area (Å²) in [6, 6.07) is 13.4. The molecule has 0 bridgehead atoms.